The number of likely N-dealkylation sites (tertiary alicyclic amines) is 1. The van der Waals surface area contributed by atoms with E-state index < -0.39 is 12.0 Å². The monoisotopic (exact) mass is 587 g/mol. The molecule has 6 heteroatoms. The molecule has 1 N–H and O–H groups in total. The van der Waals surface area contributed by atoms with Gasteiger partial charge >= 0.3 is 5.97 Å². The van der Waals surface area contributed by atoms with Crippen LogP contribution in [-0.4, -0.2) is 64.6 Å². The molecule has 5 rings (SSSR count). The fourth-order valence-electron chi connectivity index (χ4n) is 7.64. The van der Waals surface area contributed by atoms with Crippen LogP contribution in [0.1, 0.15) is 90.6 Å². The van der Waals surface area contributed by atoms with Crippen molar-refractivity contribution in [2.24, 2.45) is 11.8 Å². The van der Waals surface area contributed by atoms with E-state index in [9.17, 15) is 9.90 Å². The van der Waals surface area contributed by atoms with Crippen LogP contribution in [-0.2, 0) is 17.6 Å². The number of benzene rings is 2. The maximum atomic E-state index is 12.2. The van der Waals surface area contributed by atoms with E-state index in [1.165, 1.54) is 45.1 Å². The first kappa shape index (κ1) is 30.9. The Morgan fingerprint density at radius 1 is 1.10 bits per heavy atom. The zero-order valence-corrected chi connectivity index (χ0v) is 26.9. The Bertz CT molecular complexity index is 1310. The fourth-order valence-corrected chi connectivity index (χ4v) is 9.00. The van der Waals surface area contributed by atoms with E-state index in [2.05, 4.69) is 78.2 Å². The number of aliphatic carboxylic acids is 1. The number of carbonyl (C=O) groups is 1. The largest absolute Gasteiger partial charge is 0.480 e. The number of aromatic nitrogens is 1. The zero-order chi connectivity index (χ0) is 29.8. The highest BCUT2D eigenvalue weighted by Gasteiger charge is 2.41. The molecule has 2 fully saturated rings. The van der Waals surface area contributed by atoms with Crippen LogP contribution in [0.4, 0.5) is 0 Å². The maximum absolute atomic E-state index is 12.2. The molecule has 0 amide bonds. The number of likely N-dealkylation sites (N-methyl/N-ethyl adjacent to an activating group) is 1. The summed E-state index contributed by atoms with van der Waals surface area (Å²) in [7, 11) is 2.04. The third-order valence-corrected chi connectivity index (χ3v) is 11.1. The van der Waals surface area contributed by atoms with Crippen molar-refractivity contribution in [2.45, 2.75) is 90.1 Å². The smallest absolute Gasteiger partial charge is 0.321 e. The molecule has 2 aliphatic rings. The predicted molar refractivity (Wildman–Crippen MR) is 174 cm³/mol. The van der Waals surface area contributed by atoms with Gasteiger partial charge in [-0.05, 0) is 94.0 Å². The second-order valence-electron chi connectivity index (χ2n) is 13.1. The number of hydrogen-bond donors (Lipinski definition) is 1. The van der Waals surface area contributed by atoms with E-state index >= 15 is 0 Å². The molecular formula is C36H49N3O2S. The van der Waals surface area contributed by atoms with E-state index in [1.54, 1.807) is 0 Å². The van der Waals surface area contributed by atoms with Crippen LogP contribution in [0.2, 0.25) is 0 Å². The Morgan fingerprint density at radius 3 is 2.48 bits per heavy atom. The van der Waals surface area contributed by atoms with Crippen molar-refractivity contribution in [1.82, 2.24) is 14.8 Å². The number of piperidine rings is 1. The van der Waals surface area contributed by atoms with Gasteiger partial charge in [-0.15, -0.1) is 11.3 Å². The Hall–Kier alpha value is -2.54. The van der Waals surface area contributed by atoms with Gasteiger partial charge in [0.15, 0.2) is 0 Å². The number of nitrogens with zero attached hydrogens (tertiary/aromatic N) is 3. The van der Waals surface area contributed by atoms with Gasteiger partial charge in [0, 0.05) is 23.9 Å². The van der Waals surface area contributed by atoms with Crippen molar-refractivity contribution >= 4 is 17.3 Å². The lowest BCUT2D eigenvalue weighted by atomic mass is 9.86. The average molecular weight is 588 g/mol. The molecule has 0 spiro atoms. The Morgan fingerprint density at radius 2 is 1.83 bits per heavy atom. The third kappa shape index (κ3) is 7.15. The molecule has 0 bridgehead atoms. The van der Waals surface area contributed by atoms with Gasteiger partial charge in [-0.2, -0.15) is 0 Å². The molecule has 1 saturated heterocycles. The lowest BCUT2D eigenvalue weighted by Gasteiger charge is -2.35. The maximum Gasteiger partial charge on any atom is 0.321 e. The van der Waals surface area contributed by atoms with Gasteiger partial charge in [0.1, 0.15) is 6.04 Å². The summed E-state index contributed by atoms with van der Waals surface area (Å²) >= 11 is 1.95. The minimum Gasteiger partial charge on any atom is -0.480 e. The number of rotatable bonds is 11. The summed E-state index contributed by atoms with van der Waals surface area (Å²) in [6.07, 6.45) is 6.41. The summed E-state index contributed by atoms with van der Waals surface area (Å²) < 4.78 is 0. The number of aryl methyl sites for hydroxylation is 2. The van der Waals surface area contributed by atoms with Gasteiger partial charge in [0.25, 0.3) is 0 Å². The molecule has 5 nitrogen and oxygen atoms in total. The molecule has 42 heavy (non-hydrogen) atoms. The van der Waals surface area contributed by atoms with E-state index in [0.29, 0.717) is 17.8 Å². The van der Waals surface area contributed by atoms with Gasteiger partial charge in [0.05, 0.1) is 10.7 Å². The van der Waals surface area contributed by atoms with Crippen molar-refractivity contribution < 1.29 is 9.90 Å². The van der Waals surface area contributed by atoms with Crippen LogP contribution in [0.15, 0.2) is 54.6 Å². The van der Waals surface area contributed by atoms with Crippen LogP contribution in [0.3, 0.4) is 0 Å². The van der Waals surface area contributed by atoms with Gasteiger partial charge in [-0.3, -0.25) is 9.69 Å². The summed E-state index contributed by atoms with van der Waals surface area (Å²) in [5.41, 5.74) is 5.37. The molecule has 1 aliphatic carbocycles. The molecule has 2 heterocycles. The summed E-state index contributed by atoms with van der Waals surface area (Å²) in [4.78, 5) is 23.6. The molecule has 3 aromatic rings. The van der Waals surface area contributed by atoms with Crippen molar-refractivity contribution in [3.8, 4) is 0 Å². The first-order chi connectivity index (χ1) is 20.2. The molecule has 226 valence electrons. The fraction of sp³-hybridized carbons (Fsp3) is 0.556. The van der Waals surface area contributed by atoms with Crippen LogP contribution >= 0.6 is 11.3 Å². The van der Waals surface area contributed by atoms with Gasteiger partial charge in [-0.1, -0.05) is 80.9 Å². The van der Waals surface area contributed by atoms with E-state index in [1.807, 2.05) is 32.2 Å². The molecule has 0 radical (unpaired) electrons. The molecule has 2 aromatic carbocycles. The Labute approximate surface area is 257 Å². The van der Waals surface area contributed by atoms with Crippen molar-refractivity contribution in [1.29, 1.82) is 0 Å². The van der Waals surface area contributed by atoms with Crippen molar-refractivity contribution in [3.63, 3.8) is 0 Å². The van der Waals surface area contributed by atoms with Crippen LogP contribution < -0.4 is 0 Å². The minimum atomic E-state index is -0.702. The SMILES string of the molecule is CCc1nc(Cc2ccccc2)sc1C1CCN(C[C@H]2C[C@H](N(C)[C@@H](C(=O)O)C(C)C)C[C@@H]2c2cccc(C)c2)CC1. The summed E-state index contributed by atoms with van der Waals surface area (Å²) in [6, 6.07) is 19.6. The second kappa shape index (κ2) is 13.8. The summed E-state index contributed by atoms with van der Waals surface area (Å²) in [5.74, 6) is 0.980. The standard InChI is InChI=1S/C36H49N3O2S/c1-6-32-35(42-33(37-32)20-26-12-8-7-9-13-26)27-15-17-39(18-16-27)23-29-21-30(38(5)34(24(2)3)36(40)41)22-31(29)28-14-10-11-25(4)19-28/h7-14,19,24,27,29-31,34H,6,15-18,20-23H2,1-5H3,(H,40,41)/t29-,30+,31-,34-/m1/s1. The highest BCUT2D eigenvalue weighted by molar-refractivity contribution is 7.11. The number of thiazole rings is 1. The number of carboxylic acid groups (broad SMARTS) is 1. The van der Waals surface area contributed by atoms with Gasteiger partial charge in [-0.25, -0.2) is 4.98 Å². The van der Waals surface area contributed by atoms with E-state index in [4.69, 9.17) is 4.98 Å². The zero-order valence-electron chi connectivity index (χ0n) is 26.1. The number of carboxylic acids is 1. The Kier molecular flexibility index (Phi) is 10.2. The van der Waals surface area contributed by atoms with E-state index in [0.717, 1.165) is 45.3 Å². The molecule has 1 aromatic heterocycles. The quantitative estimate of drug-likeness (QED) is 0.254. The molecular weight excluding hydrogens is 538 g/mol. The lowest BCUT2D eigenvalue weighted by Crippen LogP contribution is -2.47. The van der Waals surface area contributed by atoms with Crippen LogP contribution in [0, 0.1) is 18.8 Å². The first-order valence-corrected chi connectivity index (χ1v) is 16.8. The topological polar surface area (TPSA) is 56.7 Å². The molecule has 1 saturated carbocycles. The van der Waals surface area contributed by atoms with E-state index in [-0.39, 0.29) is 12.0 Å². The highest BCUT2D eigenvalue weighted by Crippen LogP contribution is 2.44. The normalized spacial score (nSPS) is 22.7. The summed E-state index contributed by atoms with van der Waals surface area (Å²) in [5, 5.41) is 11.2. The van der Waals surface area contributed by atoms with Crippen molar-refractivity contribution in [2.75, 3.05) is 26.7 Å². The van der Waals surface area contributed by atoms with Gasteiger partial charge in [0.2, 0.25) is 0 Å². The Balaban J connectivity index is 1.26. The lowest BCUT2D eigenvalue weighted by molar-refractivity contribution is -0.145. The van der Waals surface area contributed by atoms with Gasteiger partial charge < -0.3 is 10.0 Å². The molecule has 1 aliphatic heterocycles. The minimum absolute atomic E-state index is 0.0796. The summed E-state index contributed by atoms with van der Waals surface area (Å²) in [6.45, 7) is 11.8. The van der Waals surface area contributed by atoms with Crippen LogP contribution in [0.5, 0.6) is 0 Å². The first-order valence-electron chi connectivity index (χ1n) is 16.0. The number of hydrogen-bond acceptors (Lipinski definition) is 5. The predicted octanol–water partition coefficient (Wildman–Crippen LogP) is 7.39. The van der Waals surface area contributed by atoms with Crippen LogP contribution in [0.25, 0.3) is 0 Å². The van der Waals surface area contributed by atoms with Crippen molar-refractivity contribution in [3.05, 3.63) is 86.9 Å². The molecule has 0 unspecified atom stereocenters. The highest BCUT2D eigenvalue weighted by atomic mass is 32.1. The second-order valence-corrected chi connectivity index (χ2v) is 14.2. The molecule has 4 atom stereocenters. The third-order valence-electron chi connectivity index (χ3n) is 9.80. The average Bonchev–Trinajstić information content (AvgIpc) is 3.58.